The Morgan fingerprint density at radius 3 is 1.89 bits per heavy atom. The van der Waals surface area contributed by atoms with Crippen LogP contribution in [0, 0.1) is 50.2 Å². The second-order valence-electron chi connectivity index (χ2n) is 35.4. The van der Waals surface area contributed by atoms with Crippen molar-refractivity contribution in [2.45, 2.75) is 327 Å². The summed E-state index contributed by atoms with van der Waals surface area (Å²) in [7, 11) is 1.40. The third-order valence-electron chi connectivity index (χ3n) is 28.7. The van der Waals surface area contributed by atoms with E-state index in [0.29, 0.717) is 38.5 Å². The number of aliphatic hydroxyl groups is 18. The lowest BCUT2D eigenvalue weighted by Crippen LogP contribution is -2.84. The Kier molecular flexibility index (Phi) is 24.4. The molecule has 4 saturated carbocycles. The van der Waals surface area contributed by atoms with E-state index in [0.717, 1.165) is 11.9 Å². The summed E-state index contributed by atoms with van der Waals surface area (Å²) in [5.74, 6) is -7.49. The summed E-state index contributed by atoms with van der Waals surface area (Å²) in [6.07, 6.45) is -50.9. The van der Waals surface area contributed by atoms with Crippen LogP contribution in [0.1, 0.15) is 120 Å². The van der Waals surface area contributed by atoms with Gasteiger partial charge in [0.1, 0.15) is 139 Å². The van der Waals surface area contributed by atoms with E-state index in [1.807, 2.05) is 13.8 Å². The summed E-state index contributed by atoms with van der Waals surface area (Å²) < 4.78 is 85.9. The van der Waals surface area contributed by atoms with Gasteiger partial charge in [0.05, 0.1) is 69.4 Å². The van der Waals surface area contributed by atoms with Crippen LogP contribution >= 0.6 is 0 Å². The SMILES string of the molecule is CCC(=O)N(C)[C@H]1C(CO)O[C@@H]2C(OC2(OC(=O)[C@]23CCC(C)(C)CC2C2=CCC4C5(C)CC[C@H](O[C@@H]6OC(C(=O)O)[C@@H](O)[C@H](O[C@@H]7OC[C@@H](O)[C@H](O)C7O)C6O[C@@H]6OC(CO)[C@H](O)[C@H](O)C6O)[C@](C)(C=O)[C@@H]5CC[C@]4(C)[C@]2(C)CC3O)[C@@H]2OC(C)[C@H](O[C@@H]3OC[C@@H](O)C(O[C@@H]4OC[C@@](O)(CO)C4O)C3O)C(O)C2O)C1O. The molecule has 8 heterocycles. The molecule has 5 aliphatic carbocycles. The van der Waals surface area contributed by atoms with Crippen LogP contribution in [0.5, 0.6) is 0 Å². The highest BCUT2D eigenvalue weighted by atomic mass is 16.8. The third-order valence-corrected chi connectivity index (χ3v) is 28.7. The molecule has 13 aliphatic rings. The highest BCUT2D eigenvalue weighted by molar-refractivity contribution is 5.80. The van der Waals surface area contributed by atoms with Crippen molar-refractivity contribution in [3.8, 4) is 0 Å². The van der Waals surface area contributed by atoms with Gasteiger partial charge >= 0.3 is 11.9 Å². The maximum absolute atomic E-state index is 16.5. The van der Waals surface area contributed by atoms with Gasteiger partial charge in [-0.15, -0.1) is 0 Å². The van der Waals surface area contributed by atoms with Crippen LogP contribution in [0.25, 0.3) is 0 Å². The standard InChI is InChI=1S/C74H115NO37/c1-10-39(83)75(9)40-33(21-76)103-59-54(43(40)86)111-74(59,58-46(89)45(88)51(28(2)102-58)106-62-50(93)52(32(81)24-100-62)107-65-57(94)72(98,26-79)27-101-65)112-66(97)73-18-17-67(3,4)19-30(73)29-11-12-36-68(5)15-14-38(69(6,25-78)35(68)13-16-70(36,7)71(29,8)20-37(73)82)105-64-56(110-63-48(91)44(87)42(85)34(22-77)104-63)53(49(92)55(109-64)60(95)96)108-61-47(90)41(84)31(80)23-99-61/h11,25,28,30-38,40-59,61-65,76-77,79-82,84-94,98H,10,12-24,26-27H2,1-9H3,(H,95,96)/t28?,30?,31-,32-,33?,34?,35-,36?,37?,38+,40+,41+,42+,43?,44+,45?,46?,47?,48?,49+,50?,51+,52?,53+,54?,55?,56?,57?,58-,59-,61+,62+,63+,64-,65+,68?,69-,70+,71-,72+,73-,74?/m1/s1. The van der Waals surface area contributed by atoms with Gasteiger partial charge in [-0.2, -0.15) is 0 Å². The first-order chi connectivity index (χ1) is 52.6. The number of carbonyl (C=O) groups is 4. The van der Waals surface area contributed by atoms with Gasteiger partial charge in [-0.25, -0.2) is 4.79 Å². The molecule has 42 atom stereocenters. The Hall–Kier alpha value is -3.42. The number of nitrogens with zero attached hydrogens (tertiary/aromatic N) is 1. The molecule has 0 spiro atoms. The first kappa shape index (κ1) is 86.4. The van der Waals surface area contributed by atoms with E-state index in [2.05, 4.69) is 26.8 Å². The fourth-order valence-corrected chi connectivity index (χ4v) is 21.9. The zero-order valence-corrected chi connectivity index (χ0v) is 64.0. The van der Waals surface area contributed by atoms with Gasteiger partial charge in [-0.3, -0.25) is 9.59 Å². The largest absolute Gasteiger partial charge is 0.479 e. The van der Waals surface area contributed by atoms with Crippen molar-refractivity contribution < 1.29 is 183 Å². The summed E-state index contributed by atoms with van der Waals surface area (Å²) in [6.45, 7) is 10.7. The Morgan fingerprint density at radius 1 is 0.607 bits per heavy atom. The molecule has 0 aromatic heterocycles. The van der Waals surface area contributed by atoms with Gasteiger partial charge in [0.15, 0.2) is 49.8 Å². The monoisotopic (exact) mass is 1610 g/mol. The molecular weight excluding hydrogens is 1490 g/mol. The lowest BCUT2D eigenvalue weighted by molar-refractivity contribution is -0.474. The molecule has 1 amide bonds. The van der Waals surface area contributed by atoms with Gasteiger partial charge in [0, 0.05) is 13.5 Å². The molecular formula is C74H115NO37. The summed E-state index contributed by atoms with van der Waals surface area (Å²) in [5.41, 5.74) is -7.51. The number of esters is 1. The number of allylic oxidation sites excluding steroid dienone is 2. The molecule has 0 bridgehead atoms. The van der Waals surface area contributed by atoms with Crippen LogP contribution in [-0.2, 0) is 85.5 Å². The van der Waals surface area contributed by atoms with Crippen LogP contribution in [0.2, 0.25) is 0 Å². The van der Waals surface area contributed by atoms with Gasteiger partial charge in [0.2, 0.25) is 5.91 Å². The molecule has 112 heavy (non-hydrogen) atoms. The van der Waals surface area contributed by atoms with Crippen molar-refractivity contribution in [3.63, 3.8) is 0 Å². The van der Waals surface area contributed by atoms with Crippen LogP contribution < -0.4 is 0 Å². The molecule has 0 radical (unpaired) electrons. The predicted octanol–water partition coefficient (Wildman–Crippen LogP) is -6.70. The van der Waals surface area contributed by atoms with Crippen LogP contribution in [-0.4, -0.2) is 380 Å². The average Bonchev–Trinajstić information content (AvgIpc) is 0.720. The number of carboxylic acids is 1. The van der Waals surface area contributed by atoms with E-state index in [1.54, 1.807) is 13.8 Å². The highest BCUT2D eigenvalue weighted by Gasteiger charge is 2.78. The molecule has 13 rings (SSSR count). The van der Waals surface area contributed by atoms with Crippen LogP contribution in [0.3, 0.4) is 0 Å². The number of aliphatic carboxylic acids is 1. The van der Waals surface area contributed by atoms with Gasteiger partial charge < -0.3 is 173 Å². The lowest BCUT2D eigenvalue weighted by Gasteiger charge is -2.71. The zero-order valence-electron chi connectivity index (χ0n) is 64.0. The van der Waals surface area contributed by atoms with Crippen LogP contribution in [0.15, 0.2) is 11.6 Å². The molecule has 638 valence electrons. The van der Waals surface area contributed by atoms with Crippen LogP contribution in [0.4, 0.5) is 0 Å². The number of rotatable bonds is 20. The molecule has 0 aromatic rings. The van der Waals surface area contributed by atoms with Crippen molar-refractivity contribution in [1.82, 2.24) is 4.90 Å². The van der Waals surface area contributed by atoms with Crippen molar-refractivity contribution in [3.05, 3.63) is 11.6 Å². The topological polar surface area (TPSA) is 585 Å². The number of carbonyl (C=O) groups excluding carboxylic acids is 3. The summed E-state index contributed by atoms with van der Waals surface area (Å²) in [6, 6.07) is -1.24. The van der Waals surface area contributed by atoms with Crippen molar-refractivity contribution in [2.24, 2.45) is 50.2 Å². The zero-order chi connectivity index (χ0) is 81.7. The number of fused-ring (bicyclic) bond motifs is 8. The second-order valence-corrected chi connectivity index (χ2v) is 35.4. The molecule has 19 N–H and O–H groups in total. The average molecular weight is 1610 g/mol. The molecule has 8 aliphatic heterocycles. The number of carboxylic acid groups (broad SMARTS) is 1. The molecule has 12 fully saturated rings. The number of ether oxygens (including phenoxy) is 14. The van der Waals surface area contributed by atoms with Crippen molar-refractivity contribution in [2.75, 3.05) is 46.7 Å². The molecule has 19 unspecified atom stereocenters. The number of hydrogen-bond acceptors (Lipinski definition) is 36. The Bertz CT molecular complexity index is 3410. The molecule has 38 heteroatoms. The van der Waals surface area contributed by atoms with E-state index >= 15 is 4.79 Å². The van der Waals surface area contributed by atoms with Crippen molar-refractivity contribution >= 4 is 24.1 Å². The van der Waals surface area contributed by atoms with E-state index in [4.69, 9.17) is 66.3 Å². The predicted molar refractivity (Wildman–Crippen MR) is 367 cm³/mol. The van der Waals surface area contributed by atoms with E-state index in [-0.39, 0.29) is 31.6 Å². The number of hydrogen-bond donors (Lipinski definition) is 19. The maximum Gasteiger partial charge on any atom is 0.335 e. The molecule has 38 nitrogen and oxygen atoms in total. The quantitative estimate of drug-likeness (QED) is 0.0233. The first-order valence-electron chi connectivity index (χ1n) is 39.0. The number of aliphatic hydroxyl groups excluding tert-OH is 17. The normalized spacial score (nSPS) is 53.9. The minimum absolute atomic E-state index is 0.0108. The summed E-state index contributed by atoms with van der Waals surface area (Å²) in [4.78, 5) is 58.4. The van der Waals surface area contributed by atoms with E-state index in [1.165, 1.54) is 18.9 Å². The second kappa shape index (κ2) is 31.6. The molecule has 0 aromatic carbocycles. The number of amides is 1. The van der Waals surface area contributed by atoms with E-state index < -0.39 is 309 Å². The van der Waals surface area contributed by atoms with Crippen molar-refractivity contribution in [1.29, 1.82) is 0 Å². The van der Waals surface area contributed by atoms with E-state index in [9.17, 15) is 111 Å². The number of likely N-dealkylation sites (N-methyl/N-ethyl adjacent to an activating group) is 1. The Labute approximate surface area is 645 Å². The Morgan fingerprint density at radius 2 is 1.25 bits per heavy atom. The summed E-state index contributed by atoms with van der Waals surface area (Å²) >= 11 is 0. The highest BCUT2D eigenvalue weighted by Crippen LogP contribution is 2.76. The lowest BCUT2D eigenvalue weighted by atomic mass is 9.33. The minimum Gasteiger partial charge on any atom is -0.479 e. The smallest absolute Gasteiger partial charge is 0.335 e. The van der Waals surface area contributed by atoms with Gasteiger partial charge in [-0.1, -0.05) is 60.1 Å². The maximum atomic E-state index is 16.5. The summed E-state index contributed by atoms with van der Waals surface area (Å²) in [5, 5.41) is 213. The van der Waals surface area contributed by atoms with Gasteiger partial charge in [-0.05, 0) is 104 Å². The first-order valence-corrected chi connectivity index (χ1v) is 39.0. The number of aldehydes is 1. The minimum atomic E-state index is -2.65. The molecule has 8 saturated heterocycles. The Balaban J connectivity index is 0.796. The third kappa shape index (κ3) is 13.8. The fourth-order valence-electron chi connectivity index (χ4n) is 21.9. The fraction of sp³-hybridized carbons (Fsp3) is 0.919. The van der Waals surface area contributed by atoms with Gasteiger partial charge in [0.25, 0.3) is 5.79 Å².